The van der Waals surface area contributed by atoms with Gasteiger partial charge in [-0.15, -0.1) is 0 Å². The smallest absolute Gasteiger partial charge is 0.166 e. The van der Waals surface area contributed by atoms with Gasteiger partial charge in [-0.05, 0) is 30.5 Å². The van der Waals surface area contributed by atoms with Crippen molar-refractivity contribution in [2.75, 3.05) is 0 Å². The molecule has 0 N–H and O–H groups in total. The van der Waals surface area contributed by atoms with Gasteiger partial charge in [0, 0.05) is 12.6 Å². The van der Waals surface area contributed by atoms with Gasteiger partial charge in [0.05, 0.1) is 11.8 Å². The van der Waals surface area contributed by atoms with Crippen LogP contribution in [0.3, 0.4) is 0 Å². The van der Waals surface area contributed by atoms with Gasteiger partial charge in [0.15, 0.2) is 11.6 Å². The van der Waals surface area contributed by atoms with E-state index in [0.717, 1.165) is 17.3 Å². The molecule has 0 saturated carbocycles. The Kier molecular flexibility index (Phi) is 3.82. The predicted octanol–water partition coefficient (Wildman–Crippen LogP) is 3.34. The minimum Gasteiger partial charge on any atom is -0.294 e. The molecule has 2 nitrogen and oxygen atoms in total. The highest BCUT2D eigenvalue weighted by Gasteiger charge is 2.11. The third-order valence-corrected chi connectivity index (χ3v) is 2.96. The Balaban J connectivity index is 2.06. The second kappa shape index (κ2) is 5.54. The Hall–Kier alpha value is -2.03. The van der Waals surface area contributed by atoms with E-state index in [2.05, 4.69) is 4.98 Å². The van der Waals surface area contributed by atoms with Gasteiger partial charge in [-0.1, -0.05) is 24.3 Å². The number of benzene rings is 1. The van der Waals surface area contributed by atoms with Crippen LogP contribution in [0.5, 0.6) is 0 Å². The number of hydrogen-bond acceptors (Lipinski definition) is 2. The molecule has 0 amide bonds. The van der Waals surface area contributed by atoms with Crippen molar-refractivity contribution in [1.82, 2.24) is 4.98 Å². The maximum absolute atomic E-state index is 13.4. The maximum Gasteiger partial charge on any atom is 0.166 e. The number of aromatic nitrogens is 1. The third-order valence-electron chi connectivity index (χ3n) is 2.96. The van der Waals surface area contributed by atoms with E-state index < -0.39 is 5.82 Å². The zero-order valence-corrected chi connectivity index (χ0v) is 10.2. The summed E-state index contributed by atoms with van der Waals surface area (Å²) in [6.07, 6.45) is 3.45. The summed E-state index contributed by atoms with van der Waals surface area (Å²) >= 11 is 0. The molecule has 0 bridgehead atoms. The van der Waals surface area contributed by atoms with Crippen LogP contribution in [0.1, 0.15) is 27.9 Å². The van der Waals surface area contributed by atoms with Gasteiger partial charge in [-0.3, -0.25) is 9.78 Å². The molecule has 18 heavy (non-hydrogen) atoms. The van der Waals surface area contributed by atoms with Gasteiger partial charge in [-0.25, -0.2) is 4.39 Å². The van der Waals surface area contributed by atoms with Crippen molar-refractivity contribution < 1.29 is 9.18 Å². The predicted molar refractivity (Wildman–Crippen MR) is 68.0 cm³/mol. The Morgan fingerprint density at radius 2 is 2.06 bits per heavy atom. The average Bonchev–Trinajstić information content (AvgIpc) is 2.38. The lowest BCUT2D eigenvalue weighted by Crippen LogP contribution is -2.05. The minimum atomic E-state index is -0.549. The van der Waals surface area contributed by atoms with Gasteiger partial charge >= 0.3 is 0 Å². The first-order valence-electron chi connectivity index (χ1n) is 5.85. The number of carbonyl (C=O) groups is 1. The van der Waals surface area contributed by atoms with Crippen molar-refractivity contribution in [1.29, 1.82) is 0 Å². The number of hydrogen-bond donors (Lipinski definition) is 0. The highest BCUT2D eigenvalue weighted by atomic mass is 19.1. The highest BCUT2D eigenvalue weighted by Crippen LogP contribution is 2.13. The van der Waals surface area contributed by atoms with Gasteiger partial charge < -0.3 is 0 Å². The summed E-state index contributed by atoms with van der Waals surface area (Å²) in [7, 11) is 0. The first-order chi connectivity index (χ1) is 8.68. The highest BCUT2D eigenvalue weighted by molar-refractivity contribution is 5.96. The van der Waals surface area contributed by atoms with Crippen LogP contribution in [0, 0.1) is 12.7 Å². The van der Waals surface area contributed by atoms with Crippen LogP contribution in [-0.2, 0) is 6.42 Å². The first kappa shape index (κ1) is 12.4. The van der Waals surface area contributed by atoms with E-state index >= 15 is 0 Å². The van der Waals surface area contributed by atoms with Crippen molar-refractivity contribution in [3.8, 4) is 0 Å². The standard InChI is InChI=1S/C15H14FNO/c1-11-4-2-3-5-12(11)6-7-15(18)13-8-9-17-10-14(13)16/h2-5,8-10H,6-7H2,1H3. The Bertz CT molecular complexity index is 566. The second-order valence-corrected chi connectivity index (χ2v) is 4.21. The third kappa shape index (κ3) is 2.80. The summed E-state index contributed by atoms with van der Waals surface area (Å²) in [6.45, 7) is 2.01. The molecule has 0 fully saturated rings. The van der Waals surface area contributed by atoms with Crippen molar-refractivity contribution in [2.24, 2.45) is 0 Å². The Labute approximate surface area is 105 Å². The van der Waals surface area contributed by atoms with E-state index in [1.807, 2.05) is 31.2 Å². The molecule has 1 aromatic carbocycles. The van der Waals surface area contributed by atoms with Crippen molar-refractivity contribution >= 4 is 5.78 Å². The summed E-state index contributed by atoms with van der Waals surface area (Å²) in [5.41, 5.74) is 2.40. The molecule has 92 valence electrons. The summed E-state index contributed by atoms with van der Waals surface area (Å²) in [5.74, 6) is -0.731. The zero-order chi connectivity index (χ0) is 13.0. The molecule has 0 aliphatic rings. The topological polar surface area (TPSA) is 30.0 Å². The molecular formula is C15H14FNO. The van der Waals surface area contributed by atoms with Crippen LogP contribution in [0.4, 0.5) is 4.39 Å². The molecule has 0 atom stereocenters. The molecule has 3 heteroatoms. The first-order valence-corrected chi connectivity index (χ1v) is 5.85. The fourth-order valence-electron chi connectivity index (χ4n) is 1.87. The minimum absolute atomic E-state index is 0.124. The van der Waals surface area contributed by atoms with Crippen molar-refractivity contribution in [2.45, 2.75) is 19.8 Å². The lowest BCUT2D eigenvalue weighted by atomic mass is 10.00. The molecular weight excluding hydrogens is 229 g/mol. The molecule has 1 aromatic heterocycles. The van der Waals surface area contributed by atoms with E-state index in [1.54, 1.807) is 0 Å². The lowest BCUT2D eigenvalue weighted by Gasteiger charge is -2.05. The van der Waals surface area contributed by atoms with Crippen LogP contribution in [0.2, 0.25) is 0 Å². The molecule has 0 aliphatic heterocycles. The molecule has 0 spiro atoms. The van der Waals surface area contributed by atoms with E-state index in [-0.39, 0.29) is 11.3 Å². The molecule has 0 unspecified atom stereocenters. The lowest BCUT2D eigenvalue weighted by molar-refractivity contribution is 0.0978. The maximum atomic E-state index is 13.4. The molecule has 0 radical (unpaired) electrons. The van der Waals surface area contributed by atoms with Crippen LogP contribution >= 0.6 is 0 Å². The number of nitrogens with zero attached hydrogens (tertiary/aromatic N) is 1. The van der Waals surface area contributed by atoms with Gasteiger partial charge in [-0.2, -0.15) is 0 Å². The molecule has 0 saturated heterocycles. The normalized spacial score (nSPS) is 10.3. The van der Waals surface area contributed by atoms with Crippen LogP contribution in [0.25, 0.3) is 0 Å². The van der Waals surface area contributed by atoms with E-state index in [1.165, 1.54) is 12.3 Å². The number of carbonyl (C=O) groups excluding carboxylic acids is 1. The van der Waals surface area contributed by atoms with E-state index in [9.17, 15) is 9.18 Å². The van der Waals surface area contributed by atoms with Gasteiger partial charge in [0.1, 0.15) is 0 Å². The number of Topliss-reactive ketones (excluding diaryl/α,β-unsaturated/α-hetero) is 1. The Morgan fingerprint density at radius 1 is 1.28 bits per heavy atom. The summed E-state index contributed by atoms with van der Waals surface area (Å²) in [4.78, 5) is 15.5. The molecule has 0 aliphatic carbocycles. The monoisotopic (exact) mass is 243 g/mol. The zero-order valence-electron chi connectivity index (χ0n) is 10.2. The summed E-state index contributed by atoms with van der Waals surface area (Å²) in [6, 6.07) is 9.33. The van der Waals surface area contributed by atoms with Gasteiger partial charge in [0.2, 0.25) is 0 Å². The van der Waals surface area contributed by atoms with Crippen LogP contribution in [0.15, 0.2) is 42.7 Å². The SMILES string of the molecule is Cc1ccccc1CCC(=O)c1ccncc1F. The fourth-order valence-corrected chi connectivity index (χ4v) is 1.87. The van der Waals surface area contributed by atoms with Crippen molar-refractivity contribution in [3.63, 3.8) is 0 Å². The molecule has 2 rings (SSSR count). The van der Waals surface area contributed by atoms with Crippen LogP contribution in [-0.4, -0.2) is 10.8 Å². The average molecular weight is 243 g/mol. The number of pyridine rings is 1. The van der Waals surface area contributed by atoms with Crippen LogP contribution < -0.4 is 0 Å². The van der Waals surface area contributed by atoms with Gasteiger partial charge in [0.25, 0.3) is 0 Å². The number of ketones is 1. The fraction of sp³-hybridized carbons (Fsp3) is 0.200. The number of halogens is 1. The summed E-state index contributed by atoms with van der Waals surface area (Å²) < 4.78 is 13.4. The molecule has 2 aromatic rings. The Morgan fingerprint density at radius 3 is 2.78 bits per heavy atom. The largest absolute Gasteiger partial charge is 0.294 e. The number of rotatable bonds is 4. The molecule has 1 heterocycles. The van der Waals surface area contributed by atoms with E-state index in [0.29, 0.717) is 12.8 Å². The number of aryl methyl sites for hydroxylation is 2. The van der Waals surface area contributed by atoms with Crippen molar-refractivity contribution in [3.05, 3.63) is 65.2 Å². The quantitative estimate of drug-likeness (QED) is 0.771. The van der Waals surface area contributed by atoms with E-state index in [4.69, 9.17) is 0 Å². The second-order valence-electron chi connectivity index (χ2n) is 4.21. The summed E-state index contributed by atoms with van der Waals surface area (Å²) in [5, 5.41) is 0.